The monoisotopic (exact) mass is 423 g/mol. The van der Waals surface area contributed by atoms with Crippen molar-refractivity contribution < 1.29 is 24.1 Å². The van der Waals surface area contributed by atoms with E-state index in [1.54, 1.807) is 0 Å². The molecule has 1 unspecified atom stereocenters. The first-order valence-corrected chi connectivity index (χ1v) is 11.2. The normalized spacial score (nSPS) is 23.1. The molecule has 2 heterocycles. The molecule has 1 saturated carbocycles. The second kappa shape index (κ2) is 8.52. The van der Waals surface area contributed by atoms with Gasteiger partial charge in [-0.15, -0.1) is 0 Å². The number of rotatable bonds is 6. The maximum absolute atomic E-state index is 13.3. The van der Waals surface area contributed by atoms with E-state index in [4.69, 9.17) is 14.2 Å². The van der Waals surface area contributed by atoms with Gasteiger partial charge in [-0.2, -0.15) is 0 Å². The summed E-state index contributed by atoms with van der Waals surface area (Å²) in [4.78, 5) is 15.6. The number of nitrogens with zero attached hydrogens (tertiary/aromatic N) is 1. The fourth-order valence-corrected chi connectivity index (χ4v) is 5.13. The molecule has 2 aliphatic heterocycles. The highest BCUT2D eigenvalue weighted by molar-refractivity contribution is 5.81. The second-order valence-electron chi connectivity index (χ2n) is 8.85. The lowest BCUT2D eigenvalue weighted by Gasteiger charge is -2.33. The minimum atomic E-state index is -1.57. The fourth-order valence-electron chi connectivity index (χ4n) is 5.13. The van der Waals surface area contributed by atoms with Gasteiger partial charge < -0.3 is 19.3 Å². The summed E-state index contributed by atoms with van der Waals surface area (Å²) in [6.07, 6.45) is 4.34. The van der Waals surface area contributed by atoms with Crippen molar-refractivity contribution in [3.8, 4) is 11.5 Å². The van der Waals surface area contributed by atoms with Crippen LogP contribution in [-0.4, -0.2) is 42.0 Å². The topological polar surface area (TPSA) is 68.2 Å². The van der Waals surface area contributed by atoms with Gasteiger partial charge in [-0.05, 0) is 42.5 Å². The average Bonchev–Trinajstić information content (AvgIpc) is 3.56. The van der Waals surface area contributed by atoms with Crippen molar-refractivity contribution in [2.24, 2.45) is 5.92 Å². The van der Waals surface area contributed by atoms with Crippen molar-refractivity contribution in [3.05, 3.63) is 59.7 Å². The zero-order chi connectivity index (χ0) is 21.3. The van der Waals surface area contributed by atoms with Crippen LogP contribution in [0.5, 0.6) is 11.5 Å². The van der Waals surface area contributed by atoms with Crippen LogP contribution in [-0.2, 0) is 21.7 Å². The molecule has 3 aliphatic rings. The van der Waals surface area contributed by atoms with E-state index in [2.05, 4.69) is 4.90 Å². The highest BCUT2D eigenvalue weighted by Gasteiger charge is 2.48. The summed E-state index contributed by atoms with van der Waals surface area (Å²) in [6, 6.07) is 15.3. The molecule has 0 radical (unpaired) electrons. The lowest BCUT2D eigenvalue weighted by molar-refractivity contribution is -0.178. The summed E-state index contributed by atoms with van der Waals surface area (Å²) in [5.41, 5.74) is 0.216. The molecule has 2 aromatic carbocycles. The number of fused-ring (bicyclic) bond motifs is 1. The lowest BCUT2D eigenvalue weighted by atomic mass is 9.80. The van der Waals surface area contributed by atoms with Crippen LogP contribution in [0.4, 0.5) is 0 Å². The highest BCUT2D eigenvalue weighted by Crippen LogP contribution is 2.42. The molecule has 0 amide bonds. The second-order valence-corrected chi connectivity index (χ2v) is 8.85. The number of carbonyl (C=O) groups excluding carboxylic acids is 1. The van der Waals surface area contributed by atoms with E-state index in [1.165, 1.54) is 0 Å². The number of ether oxygens (including phenoxy) is 3. The Bertz CT molecular complexity index is 927. The Labute approximate surface area is 182 Å². The zero-order valence-electron chi connectivity index (χ0n) is 17.7. The molecule has 1 N–H and O–H groups in total. The minimum absolute atomic E-state index is 0.0893. The highest BCUT2D eigenvalue weighted by atomic mass is 16.7. The number of hydrogen-bond donors (Lipinski definition) is 1. The Morgan fingerprint density at radius 1 is 1.06 bits per heavy atom. The van der Waals surface area contributed by atoms with Crippen LogP contribution in [0.15, 0.2) is 48.5 Å². The first-order chi connectivity index (χ1) is 15.1. The van der Waals surface area contributed by atoms with E-state index in [1.807, 2.05) is 48.5 Å². The molecule has 0 bridgehead atoms. The van der Waals surface area contributed by atoms with E-state index < -0.39 is 11.6 Å². The van der Waals surface area contributed by atoms with Crippen LogP contribution in [0.1, 0.15) is 43.2 Å². The molecule has 0 spiro atoms. The van der Waals surface area contributed by atoms with Gasteiger partial charge in [0.1, 0.15) is 6.10 Å². The third kappa shape index (κ3) is 4.02. The summed E-state index contributed by atoms with van der Waals surface area (Å²) in [5.74, 6) is 0.974. The molecule has 5 rings (SSSR count). The number of esters is 1. The quantitative estimate of drug-likeness (QED) is 0.716. The van der Waals surface area contributed by atoms with Gasteiger partial charge in [0.15, 0.2) is 17.1 Å². The van der Waals surface area contributed by atoms with Gasteiger partial charge in [0.05, 0.1) is 0 Å². The Balaban J connectivity index is 1.24. The number of likely N-dealkylation sites (tertiary alicyclic amines) is 1. The third-order valence-corrected chi connectivity index (χ3v) is 6.82. The number of aliphatic hydroxyl groups is 1. The maximum Gasteiger partial charge on any atom is 0.343 e. The molecule has 0 aromatic heterocycles. The van der Waals surface area contributed by atoms with Crippen molar-refractivity contribution >= 4 is 5.97 Å². The predicted molar refractivity (Wildman–Crippen MR) is 115 cm³/mol. The van der Waals surface area contributed by atoms with Gasteiger partial charge in [-0.3, -0.25) is 4.90 Å². The first kappa shape index (κ1) is 20.3. The van der Waals surface area contributed by atoms with Crippen molar-refractivity contribution in [2.75, 3.05) is 19.9 Å². The third-order valence-electron chi connectivity index (χ3n) is 6.82. The molecule has 2 atom stereocenters. The molecule has 2 fully saturated rings. The van der Waals surface area contributed by atoms with Crippen LogP contribution in [0.3, 0.4) is 0 Å². The SMILES string of the molecule is O=C(O[C@H]1CCN(Cc2ccc3c(c2)OCO3)C1)C(O)(c1ccccc1)C1CCCC1. The van der Waals surface area contributed by atoms with Gasteiger partial charge >= 0.3 is 5.97 Å². The van der Waals surface area contributed by atoms with Crippen LogP contribution < -0.4 is 9.47 Å². The summed E-state index contributed by atoms with van der Waals surface area (Å²) in [6.45, 7) is 2.54. The molecule has 1 aliphatic carbocycles. The van der Waals surface area contributed by atoms with E-state index in [0.29, 0.717) is 12.1 Å². The van der Waals surface area contributed by atoms with Crippen LogP contribution in [0, 0.1) is 5.92 Å². The largest absolute Gasteiger partial charge is 0.459 e. The Morgan fingerprint density at radius 2 is 1.84 bits per heavy atom. The molecular weight excluding hydrogens is 394 g/mol. The van der Waals surface area contributed by atoms with Crippen molar-refractivity contribution in [1.29, 1.82) is 0 Å². The summed E-state index contributed by atoms with van der Waals surface area (Å²) >= 11 is 0. The van der Waals surface area contributed by atoms with E-state index >= 15 is 0 Å². The standard InChI is InChI=1S/C25H29NO5/c27-24(25(28,20-8-4-5-9-20)19-6-2-1-3-7-19)31-21-12-13-26(16-21)15-18-10-11-22-23(14-18)30-17-29-22/h1-3,6-7,10-11,14,20-21,28H,4-5,8-9,12-13,15-17H2/t21-,25?/m0/s1. The van der Waals surface area contributed by atoms with Crippen molar-refractivity contribution in [2.45, 2.75) is 50.4 Å². The smallest absolute Gasteiger partial charge is 0.343 e. The zero-order valence-corrected chi connectivity index (χ0v) is 17.7. The fraction of sp³-hybridized carbons (Fsp3) is 0.480. The Hall–Kier alpha value is -2.57. The van der Waals surface area contributed by atoms with Crippen molar-refractivity contribution in [3.63, 3.8) is 0 Å². The predicted octanol–water partition coefficient (Wildman–Crippen LogP) is 3.61. The molecular formula is C25H29NO5. The first-order valence-electron chi connectivity index (χ1n) is 11.2. The molecule has 6 nitrogen and oxygen atoms in total. The Morgan fingerprint density at radius 3 is 2.65 bits per heavy atom. The van der Waals surface area contributed by atoms with Crippen LogP contribution in [0.2, 0.25) is 0 Å². The van der Waals surface area contributed by atoms with Gasteiger partial charge in [0, 0.05) is 25.6 Å². The summed E-state index contributed by atoms with van der Waals surface area (Å²) in [5, 5.41) is 11.6. The average molecular weight is 424 g/mol. The Kier molecular flexibility index (Phi) is 5.59. The minimum Gasteiger partial charge on any atom is -0.459 e. The van der Waals surface area contributed by atoms with Crippen molar-refractivity contribution in [1.82, 2.24) is 4.90 Å². The molecule has 6 heteroatoms. The summed E-state index contributed by atoms with van der Waals surface area (Å²) in [7, 11) is 0. The van der Waals surface area contributed by atoms with Gasteiger partial charge in [0.25, 0.3) is 0 Å². The van der Waals surface area contributed by atoms with Crippen LogP contribution >= 0.6 is 0 Å². The molecule has 2 aromatic rings. The number of benzene rings is 2. The summed E-state index contributed by atoms with van der Waals surface area (Å²) < 4.78 is 16.8. The number of hydrogen-bond acceptors (Lipinski definition) is 6. The van der Waals surface area contributed by atoms with Gasteiger partial charge in [-0.1, -0.05) is 49.2 Å². The molecule has 1 saturated heterocycles. The van der Waals surface area contributed by atoms with Gasteiger partial charge in [-0.25, -0.2) is 4.79 Å². The maximum atomic E-state index is 13.3. The molecule has 164 valence electrons. The lowest BCUT2D eigenvalue weighted by Crippen LogP contribution is -2.45. The number of carbonyl (C=O) groups is 1. The molecule has 31 heavy (non-hydrogen) atoms. The van der Waals surface area contributed by atoms with Crippen LogP contribution in [0.25, 0.3) is 0 Å². The van der Waals surface area contributed by atoms with Gasteiger partial charge in [0.2, 0.25) is 6.79 Å². The van der Waals surface area contributed by atoms with E-state index in [0.717, 1.165) is 62.3 Å². The van der Waals surface area contributed by atoms with E-state index in [9.17, 15) is 9.90 Å². The van der Waals surface area contributed by atoms with E-state index in [-0.39, 0.29) is 18.8 Å².